The summed E-state index contributed by atoms with van der Waals surface area (Å²) in [6.07, 6.45) is 2.71. The number of hydrogen-bond donors (Lipinski definition) is 2. The largest absolute Gasteiger partial charge is 0.449 e. The maximum Gasteiger partial charge on any atom is 0.407 e. The molecule has 0 saturated heterocycles. The highest BCUT2D eigenvalue weighted by molar-refractivity contribution is 5.83. The molecule has 0 aromatic heterocycles. The van der Waals surface area contributed by atoms with E-state index in [4.69, 9.17) is 4.74 Å². The Bertz CT molecular complexity index is 1360. The van der Waals surface area contributed by atoms with E-state index in [0.717, 1.165) is 24.8 Å². The minimum absolute atomic E-state index is 0.0880. The molecule has 38 heavy (non-hydrogen) atoms. The summed E-state index contributed by atoms with van der Waals surface area (Å²) in [5, 5.41) is 7.10. The molecule has 0 bridgehead atoms. The number of hydrogen-bond acceptors (Lipinski definition) is 3. The van der Waals surface area contributed by atoms with E-state index in [2.05, 4.69) is 89.5 Å². The van der Waals surface area contributed by atoms with E-state index in [1.165, 1.54) is 27.8 Å². The Morgan fingerprint density at radius 1 is 0.816 bits per heavy atom. The van der Waals surface area contributed by atoms with Crippen LogP contribution in [0.4, 0.5) is 4.79 Å². The van der Waals surface area contributed by atoms with Gasteiger partial charge in [-0.15, -0.1) is 0 Å². The van der Waals surface area contributed by atoms with Crippen molar-refractivity contribution in [2.24, 2.45) is 5.92 Å². The Morgan fingerprint density at radius 2 is 1.39 bits per heavy atom. The molecule has 1 unspecified atom stereocenters. The quantitative estimate of drug-likeness (QED) is 0.281. The van der Waals surface area contributed by atoms with E-state index in [0.29, 0.717) is 18.6 Å². The SMILES string of the molecule is CC(NC(=O)OC[C@H]1CC[C@H](NC2(c3ccccc3)c3ccccc3-c3ccccc32)C1)c1ccccc1. The first-order chi connectivity index (χ1) is 18.6. The van der Waals surface area contributed by atoms with Crippen LogP contribution < -0.4 is 10.6 Å². The lowest BCUT2D eigenvalue weighted by Crippen LogP contribution is -2.47. The van der Waals surface area contributed by atoms with Gasteiger partial charge in [-0.25, -0.2) is 4.79 Å². The third-order valence-corrected chi connectivity index (χ3v) is 8.21. The lowest BCUT2D eigenvalue weighted by atomic mass is 9.80. The lowest BCUT2D eigenvalue weighted by Gasteiger charge is -2.37. The van der Waals surface area contributed by atoms with Crippen LogP contribution in [0.3, 0.4) is 0 Å². The highest BCUT2D eigenvalue weighted by atomic mass is 16.5. The molecule has 2 aliphatic carbocycles. The van der Waals surface area contributed by atoms with Gasteiger partial charge in [0.1, 0.15) is 0 Å². The number of carbonyl (C=O) groups is 1. The summed E-state index contributed by atoms with van der Waals surface area (Å²) >= 11 is 0. The van der Waals surface area contributed by atoms with Crippen molar-refractivity contribution in [1.29, 1.82) is 0 Å². The number of alkyl carbamates (subject to hydrolysis) is 1. The molecule has 0 radical (unpaired) electrons. The summed E-state index contributed by atoms with van der Waals surface area (Å²) < 4.78 is 5.68. The summed E-state index contributed by atoms with van der Waals surface area (Å²) in [4.78, 5) is 12.5. The van der Waals surface area contributed by atoms with Crippen molar-refractivity contribution < 1.29 is 9.53 Å². The molecule has 2 N–H and O–H groups in total. The van der Waals surface area contributed by atoms with E-state index in [1.807, 2.05) is 37.3 Å². The zero-order valence-corrected chi connectivity index (χ0v) is 21.8. The summed E-state index contributed by atoms with van der Waals surface area (Å²) in [7, 11) is 0. The Balaban J connectivity index is 1.18. The van der Waals surface area contributed by atoms with Crippen molar-refractivity contribution in [2.75, 3.05) is 6.61 Å². The zero-order valence-electron chi connectivity index (χ0n) is 21.8. The molecule has 6 rings (SSSR count). The minimum atomic E-state index is -0.405. The van der Waals surface area contributed by atoms with Crippen LogP contribution in [0.1, 0.15) is 54.5 Å². The molecular weight excluding hydrogens is 468 g/mol. The first kappa shape index (κ1) is 24.4. The molecule has 1 saturated carbocycles. The standard InChI is InChI=1S/C34H34N2O2/c1-24(26-12-4-2-5-13-26)35-33(37)38-23-25-20-21-28(22-25)36-34(27-14-6-3-7-15-27)31-18-10-8-16-29(31)30-17-9-11-19-32(30)34/h2-19,24-25,28,36H,20-23H2,1H3,(H,35,37)/t24?,25-,28-/m0/s1. The Kier molecular flexibility index (Phi) is 6.73. The molecule has 4 heteroatoms. The highest BCUT2D eigenvalue weighted by Gasteiger charge is 2.46. The van der Waals surface area contributed by atoms with Crippen molar-refractivity contribution in [3.8, 4) is 11.1 Å². The van der Waals surface area contributed by atoms with Gasteiger partial charge in [0.05, 0.1) is 18.2 Å². The Morgan fingerprint density at radius 3 is 2.05 bits per heavy atom. The predicted molar refractivity (Wildman–Crippen MR) is 152 cm³/mol. The molecule has 1 amide bonds. The summed E-state index contributed by atoms with van der Waals surface area (Å²) in [6.45, 7) is 2.42. The van der Waals surface area contributed by atoms with Gasteiger partial charge in [0.2, 0.25) is 0 Å². The molecule has 0 spiro atoms. The predicted octanol–water partition coefficient (Wildman–Crippen LogP) is 7.20. The zero-order chi connectivity index (χ0) is 26.0. The van der Waals surface area contributed by atoms with Crippen LogP contribution in [0.15, 0.2) is 109 Å². The number of carbonyl (C=O) groups excluding carboxylic acids is 1. The van der Waals surface area contributed by atoms with Gasteiger partial charge in [-0.05, 0) is 65.5 Å². The average molecular weight is 503 g/mol. The fraction of sp³-hybridized carbons (Fsp3) is 0.265. The minimum Gasteiger partial charge on any atom is -0.449 e. The molecule has 4 aromatic rings. The van der Waals surface area contributed by atoms with Crippen molar-refractivity contribution in [2.45, 2.75) is 43.8 Å². The van der Waals surface area contributed by atoms with Crippen molar-refractivity contribution in [3.63, 3.8) is 0 Å². The first-order valence-corrected chi connectivity index (χ1v) is 13.7. The molecule has 2 aliphatic rings. The molecule has 1 fully saturated rings. The molecule has 3 atom stereocenters. The van der Waals surface area contributed by atoms with Gasteiger partial charge in [-0.1, -0.05) is 109 Å². The molecule has 4 aromatic carbocycles. The van der Waals surface area contributed by atoms with Crippen LogP contribution in [0.2, 0.25) is 0 Å². The second-order valence-electron chi connectivity index (χ2n) is 10.6. The fourth-order valence-corrected chi connectivity index (χ4v) is 6.37. The van der Waals surface area contributed by atoms with Crippen LogP contribution in [-0.2, 0) is 10.3 Å². The van der Waals surface area contributed by atoms with Gasteiger partial charge in [-0.2, -0.15) is 0 Å². The average Bonchev–Trinajstić information content (AvgIpc) is 3.54. The van der Waals surface area contributed by atoms with Crippen molar-refractivity contribution in [3.05, 3.63) is 131 Å². The van der Waals surface area contributed by atoms with Gasteiger partial charge in [-0.3, -0.25) is 5.32 Å². The van der Waals surface area contributed by atoms with Crippen LogP contribution in [0, 0.1) is 5.92 Å². The third-order valence-electron chi connectivity index (χ3n) is 8.21. The van der Waals surface area contributed by atoms with E-state index in [-0.39, 0.29) is 12.1 Å². The second kappa shape index (κ2) is 10.5. The van der Waals surface area contributed by atoms with Gasteiger partial charge in [0, 0.05) is 6.04 Å². The maximum absolute atomic E-state index is 12.5. The fourth-order valence-electron chi connectivity index (χ4n) is 6.37. The van der Waals surface area contributed by atoms with Gasteiger partial charge >= 0.3 is 6.09 Å². The number of amides is 1. The van der Waals surface area contributed by atoms with E-state index in [1.54, 1.807) is 0 Å². The smallest absolute Gasteiger partial charge is 0.407 e. The van der Waals surface area contributed by atoms with Crippen LogP contribution in [0.5, 0.6) is 0 Å². The van der Waals surface area contributed by atoms with E-state index >= 15 is 0 Å². The van der Waals surface area contributed by atoms with E-state index < -0.39 is 5.54 Å². The van der Waals surface area contributed by atoms with Gasteiger partial charge < -0.3 is 10.1 Å². The van der Waals surface area contributed by atoms with Crippen molar-refractivity contribution >= 4 is 6.09 Å². The monoisotopic (exact) mass is 502 g/mol. The maximum atomic E-state index is 12.5. The van der Waals surface area contributed by atoms with E-state index in [9.17, 15) is 4.79 Å². The summed E-state index contributed by atoms with van der Waals surface area (Å²) in [5.74, 6) is 0.338. The number of ether oxygens (including phenoxy) is 1. The topological polar surface area (TPSA) is 50.4 Å². The van der Waals surface area contributed by atoms with Crippen LogP contribution in [-0.4, -0.2) is 18.7 Å². The molecule has 192 valence electrons. The Labute approximate surface area is 225 Å². The number of rotatable bonds is 7. The highest BCUT2D eigenvalue weighted by Crippen LogP contribution is 2.51. The van der Waals surface area contributed by atoms with Crippen LogP contribution >= 0.6 is 0 Å². The summed E-state index contributed by atoms with van der Waals surface area (Å²) in [5.41, 5.74) is 7.12. The second-order valence-corrected chi connectivity index (χ2v) is 10.6. The van der Waals surface area contributed by atoms with Gasteiger partial charge in [0.25, 0.3) is 0 Å². The number of nitrogens with one attached hydrogen (secondary N) is 2. The van der Waals surface area contributed by atoms with Gasteiger partial charge in [0.15, 0.2) is 0 Å². The normalized spacial score (nSPS) is 19.8. The lowest BCUT2D eigenvalue weighted by molar-refractivity contribution is 0.124. The first-order valence-electron chi connectivity index (χ1n) is 13.7. The number of fused-ring (bicyclic) bond motifs is 3. The molecule has 0 heterocycles. The summed E-state index contributed by atoms with van der Waals surface area (Å²) in [6, 6.07) is 38.5. The molecular formula is C34H34N2O2. The Hall–Kier alpha value is -3.89. The molecule has 4 nitrogen and oxygen atoms in total. The van der Waals surface area contributed by atoms with Crippen molar-refractivity contribution in [1.82, 2.24) is 10.6 Å². The van der Waals surface area contributed by atoms with Crippen LogP contribution in [0.25, 0.3) is 11.1 Å². The third kappa shape index (κ3) is 4.50. The molecule has 0 aliphatic heterocycles. The number of benzene rings is 4.